The Morgan fingerprint density at radius 2 is 1.76 bits per heavy atom. The zero-order valence-corrected chi connectivity index (χ0v) is 17.0. The zero-order chi connectivity index (χ0) is 20.5. The number of aromatic nitrogens is 1. The number of rotatable bonds is 5. The molecule has 0 saturated carbocycles. The Balaban J connectivity index is 1.88. The van der Waals surface area contributed by atoms with Crippen molar-refractivity contribution in [2.45, 2.75) is 20.0 Å². The summed E-state index contributed by atoms with van der Waals surface area (Å²) in [5, 5.41) is 2.51. The fourth-order valence-electron chi connectivity index (χ4n) is 3.93. The number of hydrogen-bond acceptors (Lipinski definition) is 4. The number of carbonyl (C=O) groups excluding carboxylic acids is 1. The van der Waals surface area contributed by atoms with E-state index in [4.69, 9.17) is 14.2 Å². The van der Waals surface area contributed by atoms with Crippen LogP contribution in [0.3, 0.4) is 0 Å². The van der Waals surface area contributed by atoms with E-state index in [2.05, 4.69) is 28.9 Å². The summed E-state index contributed by atoms with van der Waals surface area (Å²) in [7, 11) is 4.89. The fraction of sp³-hybridized carbons (Fsp3) is 0.261. The van der Waals surface area contributed by atoms with Crippen LogP contribution < -0.4 is 14.8 Å². The molecule has 0 bridgehead atoms. The van der Waals surface area contributed by atoms with Crippen molar-refractivity contribution >= 4 is 6.09 Å². The maximum atomic E-state index is 11.7. The molecule has 0 spiro atoms. The lowest BCUT2D eigenvalue weighted by Gasteiger charge is -2.14. The van der Waals surface area contributed by atoms with Gasteiger partial charge in [-0.15, -0.1) is 0 Å². The van der Waals surface area contributed by atoms with Crippen molar-refractivity contribution in [2.24, 2.45) is 0 Å². The van der Waals surface area contributed by atoms with Gasteiger partial charge in [0.1, 0.15) is 18.1 Å². The Kier molecular flexibility index (Phi) is 4.92. The van der Waals surface area contributed by atoms with Crippen molar-refractivity contribution in [2.75, 3.05) is 21.3 Å². The highest BCUT2D eigenvalue weighted by Gasteiger charge is 2.29. The summed E-state index contributed by atoms with van der Waals surface area (Å²) in [6, 6.07) is 14.1. The third kappa shape index (κ3) is 3.20. The quantitative estimate of drug-likeness (QED) is 0.552. The summed E-state index contributed by atoms with van der Waals surface area (Å²) in [4.78, 5) is 11.7. The smallest absolute Gasteiger partial charge is 0.407 e. The molecular formula is C23H24N2O4. The number of fused-ring (bicyclic) bond motifs is 3. The monoisotopic (exact) mass is 392 g/mol. The Morgan fingerprint density at radius 1 is 1.07 bits per heavy atom. The van der Waals surface area contributed by atoms with E-state index < -0.39 is 6.09 Å². The minimum atomic E-state index is -0.443. The van der Waals surface area contributed by atoms with Crippen LogP contribution in [0.4, 0.5) is 4.79 Å². The lowest BCUT2D eigenvalue weighted by molar-refractivity contribution is 0.142. The van der Waals surface area contributed by atoms with Gasteiger partial charge in [0.2, 0.25) is 0 Å². The van der Waals surface area contributed by atoms with Gasteiger partial charge in [-0.3, -0.25) is 0 Å². The fourth-order valence-corrected chi connectivity index (χ4v) is 3.93. The number of benzene rings is 2. The molecule has 1 N–H and O–H groups in total. The number of methoxy groups -OCH3 is 2. The van der Waals surface area contributed by atoms with Crippen molar-refractivity contribution in [3.63, 3.8) is 0 Å². The molecule has 1 aromatic heterocycles. The Labute approximate surface area is 170 Å². The zero-order valence-electron chi connectivity index (χ0n) is 17.0. The van der Waals surface area contributed by atoms with E-state index in [-0.39, 0.29) is 6.61 Å². The van der Waals surface area contributed by atoms with Crippen molar-refractivity contribution in [1.82, 2.24) is 9.88 Å². The van der Waals surface area contributed by atoms with Crippen molar-refractivity contribution in [1.29, 1.82) is 0 Å². The third-order valence-corrected chi connectivity index (χ3v) is 5.47. The summed E-state index contributed by atoms with van der Waals surface area (Å²) in [5.74, 6) is 1.65. The molecule has 3 aromatic rings. The predicted molar refractivity (Wildman–Crippen MR) is 111 cm³/mol. The maximum Gasteiger partial charge on any atom is 0.407 e. The van der Waals surface area contributed by atoms with Gasteiger partial charge in [0, 0.05) is 30.4 Å². The molecule has 0 aliphatic carbocycles. The van der Waals surface area contributed by atoms with E-state index in [1.54, 1.807) is 21.3 Å². The lowest BCUT2D eigenvalue weighted by atomic mass is 10.0. The highest BCUT2D eigenvalue weighted by atomic mass is 16.5. The average molecular weight is 392 g/mol. The molecule has 150 valence electrons. The van der Waals surface area contributed by atoms with Crippen LogP contribution in [0.25, 0.3) is 16.9 Å². The average Bonchev–Trinajstić information content (AvgIpc) is 3.26. The Bertz CT molecular complexity index is 1070. The van der Waals surface area contributed by atoms with Gasteiger partial charge in [-0.05, 0) is 66.1 Å². The van der Waals surface area contributed by atoms with Crippen LogP contribution >= 0.6 is 0 Å². The second-order valence-corrected chi connectivity index (χ2v) is 6.96. The van der Waals surface area contributed by atoms with Crippen LogP contribution in [0.2, 0.25) is 0 Å². The van der Waals surface area contributed by atoms with Crippen molar-refractivity contribution < 1.29 is 19.0 Å². The molecule has 0 radical (unpaired) electrons. The molecule has 4 rings (SSSR count). The number of carbonyl (C=O) groups is 1. The third-order valence-electron chi connectivity index (χ3n) is 5.47. The number of ether oxygens (including phenoxy) is 3. The van der Waals surface area contributed by atoms with Crippen LogP contribution in [0, 0.1) is 6.92 Å². The van der Waals surface area contributed by atoms with Crippen LogP contribution in [0.15, 0.2) is 42.5 Å². The molecule has 0 fully saturated rings. The van der Waals surface area contributed by atoms with Crippen LogP contribution in [0.1, 0.15) is 22.4 Å². The number of nitrogens with zero attached hydrogens (tertiary/aromatic N) is 1. The second-order valence-electron chi connectivity index (χ2n) is 6.96. The molecule has 6 nitrogen and oxygen atoms in total. The van der Waals surface area contributed by atoms with Gasteiger partial charge in [0.15, 0.2) is 0 Å². The Morgan fingerprint density at radius 3 is 2.41 bits per heavy atom. The highest BCUT2D eigenvalue weighted by Crippen LogP contribution is 2.42. The number of amides is 1. The summed E-state index contributed by atoms with van der Waals surface area (Å²) in [6.07, 6.45) is 0.364. The topological polar surface area (TPSA) is 61.7 Å². The van der Waals surface area contributed by atoms with E-state index in [1.165, 1.54) is 11.3 Å². The minimum Gasteiger partial charge on any atom is -0.497 e. The standard InChI is InChI=1S/C23H24N2O4/c1-14-19(13-29-23(26)24-2)22(15-5-7-17(27-3)8-6-15)25-20-10-9-18(28-4)11-16(20)12-21(14)25/h5-11H,12-13H2,1-4H3,(H,24,26). The van der Waals surface area contributed by atoms with Gasteiger partial charge in [-0.1, -0.05) is 0 Å². The van der Waals surface area contributed by atoms with Gasteiger partial charge in [0.05, 0.1) is 19.9 Å². The molecule has 0 unspecified atom stereocenters. The first kappa shape index (κ1) is 18.9. The van der Waals surface area contributed by atoms with E-state index in [1.807, 2.05) is 30.3 Å². The molecule has 0 saturated heterocycles. The summed E-state index contributed by atoms with van der Waals surface area (Å²) >= 11 is 0. The molecule has 1 aliphatic rings. The van der Waals surface area contributed by atoms with Gasteiger partial charge < -0.3 is 24.1 Å². The van der Waals surface area contributed by atoms with Crippen LogP contribution in [-0.2, 0) is 17.8 Å². The molecule has 1 amide bonds. The van der Waals surface area contributed by atoms with E-state index in [9.17, 15) is 4.79 Å². The van der Waals surface area contributed by atoms with Gasteiger partial charge in [-0.25, -0.2) is 4.79 Å². The van der Waals surface area contributed by atoms with Crippen molar-refractivity contribution in [3.8, 4) is 28.4 Å². The normalized spacial score (nSPS) is 11.6. The molecule has 2 heterocycles. The summed E-state index contributed by atoms with van der Waals surface area (Å²) in [5.41, 5.74) is 7.77. The SMILES string of the molecule is CNC(=O)OCc1c(C)c2n(c1-c1ccc(OC)cc1)-c1ccc(OC)cc1C2. The maximum absolute atomic E-state index is 11.7. The van der Waals surface area contributed by atoms with Gasteiger partial charge >= 0.3 is 6.09 Å². The highest BCUT2D eigenvalue weighted by molar-refractivity contribution is 5.75. The Hall–Kier alpha value is -3.41. The van der Waals surface area contributed by atoms with Crippen molar-refractivity contribution in [3.05, 3.63) is 64.8 Å². The van der Waals surface area contributed by atoms with E-state index in [0.717, 1.165) is 46.0 Å². The molecule has 1 aliphatic heterocycles. The number of nitrogens with one attached hydrogen (secondary N) is 1. The molecule has 6 heteroatoms. The molecule has 2 aromatic carbocycles. The van der Waals surface area contributed by atoms with Gasteiger partial charge in [-0.2, -0.15) is 0 Å². The van der Waals surface area contributed by atoms with E-state index in [0.29, 0.717) is 0 Å². The molecule has 0 atom stereocenters. The molecule has 29 heavy (non-hydrogen) atoms. The summed E-state index contributed by atoms with van der Waals surface area (Å²) in [6.45, 7) is 2.29. The number of alkyl carbamates (subject to hydrolysis) is 1. The van der Waals surface area contributed by atoms with Crippen LogP contribution in [0.5, 0.6) is 11.5 Å². The first-order valence-electron chi connectivity index (χ1n) is 9.46. The first-order chi connectivity index (χ1) is 14.1. The second kappa shape index (κ2) is 7.54. The van der Waals surface area contributed by atoms with Crippen LogP contribution in [-0.4, -0.2) is 31.9 Å². The van der Waals surface area contributed by atoms with E-state index >= 15 is 0 Å². The first-order valence-corrected chi connectivity index (χ1v) is 9.46. The molecular weight excluding hydrogens is 368 g/mol. The number of hydrogen-bond donors (Lipinski definition) is 1. The largest absolute Gasteiger partial charge is 0.497 e. The van der Waals surface area contributed by atoms with Gasteiger partial charge in [0.25, 0.3) is 0 Å². The predicted octanol–water partition coefficient (Wildman–Crippen LogP) is 4.23. The minimum absolute atomic E-state index is 0.207. The lowest BCUT2D eigenvalue weighted by Crippen LogP contribution is -2.19. The summed E-state index contributed by atoms with van der Waals surface area (Å²) < 4.78 is 18.4.